The number of likely N-dealkylation sites (tertiary alicyclic amines) is 1. The summed E-state index contributed by atoms with van der Waals surface area (Å²) < 4.78 is 19.8. The van der Waals surface area contributed by atoms with E-state index in [1.54, 1.807) is 12.4 Å². The smallest absolute Gasteiger partial charge is 0.141 e. The average molecular weight is 373 g/mol. The molecule has 0 aliphatic carbocycles. The first-order valence-corrected chi connectivity index (χ1v) is 9.44. The van der Waals surface area contributed by atoms with Gasteiger partial charge in [0.25, 0.3) is 0 Å². The summed E-state index contributed by atoms with van der Waals surface area (Å²) in [5.41, 5.74) is 1.82. The number of ether oxygens (including phenoxy) is 1. The number of morpholine rings is 1. The zero-order valence-electron chi connectivity index (χ0n) is 15.3. The van der Waals surface area contributed by atoms with E-state index in [1.807, 2.05) is 6.92 Å². The van der Waals surface area contributed by atoms with Gasteiger partial charge in [0.05, 0.1) is 30.9 Å². The lowest BCUT2D eigenvalue weighted by Gasteiger charge is -2.41. The number of pyridine rings is 1. The third kappa shape index (κ3) is 2.74. The number of aliphatic hydroxyl groups excluding tert-OH is 1. The SMILES string of the molecule is Cc1[nH]cnc1CN1C[C@@H]2[C@H](CO)[C@H]3CN(c4ccc(F)cn4)C[C@]2(C1)O3. The number of aliphatic hydroxyl groups is 1. The Morgan fingerprint density at radius 3 is 2.93 bits per heavy atom. The van der Waals surface area contributed by atoms with Crippen LogP contribution in [0.25, 0.3) is 0 Å². The predicted molar refractivity (Wildman–Crippen MR) is 96.7 cm³/mol. The fraction of sp³-hybridized carbons (Fsp3) is 0.579. The summed E-state index contributed by atoms with van der Waals surface area (Å²) in [4.78, 5) is 16.4. The van der Waals surface area contributed by atoms with Crippen molar-refractivity contribution in [1.82, 2.24) is 19.9 Å². The Morgan fingerprint density at radius 2 is 2.22 bits per heavy atom. The summed E-state index contributed by atoms with van der Waals surface area (Å²) in [5, 5.41) is 10.0. The topological polar surface area (TPSA) is 77.5 Å². The zero-order chi connectivity index (χ0) is 18.6. The lowest BCUT2D eigenvalue weighted by atomic mass is 9.83. The zero-order valence-corrected chi connectivity index (χ0v) is 15.3. The molecule has 0 amide bonds. The molecule has 0 saturated carbocycles. The van der Waals surface area contributed by atoms with E-state index >= 15 is 0 Å². The Bertz CT molecular complexity index is 828. The molecule has 144 valence electrons. The molecule has 1 spiro atoms. The summed E-state index contributed by atoms with van der Waals surface area (Å²) >= 11 is 0. The highest BCUT2D eigenvalue weighted by Crippen LogP contribution is 2.49. The molecule has 3 aliphatic rings. The predicted octanol–water partition coefficient (Wildman–Crippen LogP) is 0.950. The highest BCUT2D eigenvalue weighted by atomic mass is 19.1. The lowest BCUT2D eigenvalue weighted by molar-refractivity contribution is -0.0648. The number of hydrogen-bond donors (Lipinski definition) is 2. The molecule has 3 saturated heterocycles. The minimum Gasteiger partial charge on any atom is -0.396 e. The number of anilines is 1. The van der Waals surface area contributed by atoms with Crippen LogP contribution in [-0.4, -0.2) is 69.4 Å². The van der Waals surface area contributed by atoms with Crippen molar-refractivity contribution in [2.24, 2.45) is 11.8 Å². The van der Waals surface area contributed by atoms with Crippen LogP contribution in [0.5, 0.6) is 0 Å². The van der Waals surface area contributed by atoms with E-state index < -0.39 is 0 Å². The first kappa shape index (κ1) is 17.1. The molecule has 2 aromatic heterocycles. The summed E-state index contributed by atoms with van der Waals surface area (Å²) in [6.07, 6.45) is 2.97. The standard InChI is InChI=1S/C19H24FN5O2/c1-12-16(23-11-22-12)6-24-5-15-14(8-26)17-7-25(10-19(15,9-24)27-17)18-3-2-13(20)4-21-18/h2-4,11,14-15,17,26H,5-10H2,1H3,(H,22,23)/t14-,15+,17+,19-/m0/s1. The summed E-state index contributed by atoms with van der Waals surface area (Å²) in [6.45, 7) is 6.00. The fourth-order valence-corrected chi connectivity index (χ4v) is 5.14. The van der Waals surface area contributed by atoms with Gasteiger partial charge in [-0.1, -0.05) is 0 Å². The number of aromatic amines is 1. The number of fused-ring (bicyclic) bond motifs is 1. The maximum absolute atomic E-state index is 13.3. The van der Waals surface area contributed by atoms with Gasteiger partial charge in [0.15, 0.2) is 0 Å². The molecule has 8 heteroatoms. The molecule has 0 unspecified atom stereocenters. The van der Waals surface area contributed by atoms with Crippen LogP contribution >= 0.6 is 0 Å². The molecule has 4 atom stereocenters. The van der Waals surface area contributed by atoms with Gasteiger partial charge < -0.3 is 19.7 Å². The number of rotatable bonds is 4. The maximum Gasteiger partial charge on any atom is 0.141 e. The monoisotopic (exact) mass is 373 g/mol. The van der Waals surface area contributed by atoms with Crippen molar-refractivity contribution < 1.29 is 14.2 Å². The lowest BCUT2D eigenvalue weighted by Crippen LogP contribution is -2.54. The van der Waals surface area contributed by atoms with Gasteiger partial charge in [-0.05, 0) is 19.1 Å². The van der Waals surface area contributed by atoms with Crippen molar-refractivity contribution in [3.05, 3.63) is 41.9 Å². The van der Waals surface area contributed by atoms with Crippen LogP contribution < -0.4 is 4.90 Å². The Morgan fingerprint density at radius 1 is 1.33 bits per heavy atom. The van der Waals surface area contributed by atoms with Crippen molar-refractivity contribution in [2.45, 2.75) is 25.2 Å². The second kappa shape index (κ2) is 6.25. The number of H-pyrrole nitrogens is 1. The number of aryl methyl sites for hydroxylation is 1. The average Bonchev–Trinajstić information content (AvgIpc) is 3.25. The van der Waals surface area contributed by atoms with E-state index in [4.69, 9.17) is 4.74 Å². The summed E-state index contributed by atoms with van der Waals surface area (Å²) in [7, 11) is 0. The molecular weight excluding hydrogens is 349 g/mol. The molecule has 5 heterocycles. The van der Waals surface area contributed by atoms with Crippen LogP contribution in [0.1, 0.15) is 11.4 Å². The molecule has 2 bridgehead atoms. The van der Waals surface area contributed by atoms with Gasteiger partial charge in [0, 0.05) is 50.3 Å². The van der Waals surface area contributed by atoms with Gasteiger partial charge in [-0.2, -0.15) is 0 Å². The normalized spacial score (nSPS) is 32.9. The molecule has 7 nitrogen and oxygen atoms in total. The number of halogens is 1. The van der Waals surface area contributed by atoms with Crippen LogP contribution in [-0.2, 0) is 11.3 Å². The van der Waals surface area contributed by atoms with E-state index in [9.17, 15) is 9.50 Å². The van der Waals surface area contributed by atoms with Crippen LogP contribution in [0.2, 0.25) is 0 Å². The van der Waals surface area contributed by atoms with Gasteiger partial charge in [-0.25, -0.2) is 14.4 Å². The summed E-state index contributed by atoms with van der Waals surface area (Å²) in [6, 6.07) is 3.17. The van der Waals surface area contributed by atoms with E-state index in [1.165, 1.54) is 12.3 Å². The second-order valence-corrected chi connectivity index (χ2v) is 8.03. The van der Waals surface area contributed by atoms with Gasteiger partial charge in [-0.3, -0.25) is 4.90 Å². The molecule has 27 heavy (non-hydrogen) atoms. The molecule has 2 aromatic rings. The number of aromatic nitrogens is 3. The van der Waals surface area contributed by atoms with Crippen LogP contribution in [0.4, 0.5) is 10.2 Å². The number of nitrogens with one attached hydrogen (secondary N) is 1. The van der Waals surface area contributed by atoms with Crippen molar-refractivity contribution in [2.75, 3.05) is 37.7 Å². The Kier molecular flexibility index (Phi) is 3.96. The number of hydrogen-bond acceptors (Lipinski definition) is 6. The Hall–Kier alpha value is -2.03. The van der Waals surface area contributed by atoms with Gasteiger partial charge in [0.1, 0.15) is 17.2 Å². The van der Waals surface area contributed by atoms with E-state index in [0.717, 1.165) is 36.8 Å². The van der Waals surface area contributed by atoms with E-state index in [0.29, 0.717) is 13.1 Å². The van der Waals surface area contributed by atoms with Crippen molar-refractivity contribution >= 4 is 5.82 Å². The number of nitrogens with zero attached hydrogens (tertiary/aromatic N) is 4. The third-order valence-electron chi connectivity index (χ3n) is 6.42. The van der Waals surface area contributed by atoms with E-state index in [-0.39, 0.29) is 36.0 Å². The Labute approximate surface area is 157 Å². The number of imidazole rings is 1. The highest BCUT2D eigenvalue weighted by molar-refractivity contribution is 5.41. The Balaban J connectivity index is 1.40. The molecule has 3 fully saturated rings. The molecule has 5 rings (SSSR count). The van der Waals surface area contributed by atoms with Gasteiger partial charge >= 0.3 is 0 Å². The molecule has 3 aliphatic heterocycles. The van der Waals surface area contributed by atoms with Gasteiger partial charge in [-0.15, -0.1) is 0 Å². The van der Waals surface area contributed by atoms with Crippen LogP contribution in [0.3, 0.4) is 0 Å². The molecular formula is C19H24FN5O2. The maximum atomic E-state index is 13.3. The quantitative estimate of drug-likeness (QED) is 0.831. The molecule has 0 aromatic carbocycles. The van der Waals surface area contributed by atoms with E-state index in [2.05, 4.69) is 24.8 Å². The minimum atomic E-state index is -0.333. The van der Waals surface area contributed by atoms with Crippen LogP contribution in [0, 0.1) is 24.6 Å². The molecule has 2 N–H and O–H groups in total. The first-order chi connectivity index (χ1) is 13.1. The largest absolute Gasteiger partial charge is 0.396 e. The first-order valence-electron chi connectivity index (χ1n) is 9.44. The van der Waals surface area contributed by atoms with Crippen LogP contribution in [0.15, 0.2) is 24.7 Å². The fourth-order valence-electron chi connectivity index (χ4n) is 5.14. The third-order valence-corrected chi connectivity index (χ3v) is 6.42. The highest BCUT2D eigenvalue weighted by Gasteiger charge is 2.62. The minimum absolute atomic E-state index is 0.0186. The second-order valence-electron chi connectivity index (χ2n) is 8.03. The molecule has 0 radical (unpaired) electrons. The summed E-state index contributed by atoms with van der Waals surface area (Å²) in [5.74, 6) is 0.821. The van der Waals surface area contributed by atoms with Crippen molar-refractivity contribution in [3.63, 3.8) is 0 Å². The van der Waals surface area contributed by atoms with Crippen molar-refractivity contribution in [1.29, 1.82) is 0 Å². The van der Waals surface area contributed by atoms with Gasteiger partial charge in [0.2, 0.25) is 0 Å². The van der Waals surface area contributed by atoms with Crippen molar-refractivity contribution in [3.8, 4) is 0 Å².